The monoisotopic (exact) mass is 352 g/mol. The van der Waals surface area contributed by atoms with Gasteiger partial charge < -0.3 is 10.1 Å². The average Bonchev–Trinajstić information content (AvgIpc) is 2.97. The van der Waals surface area contributed by atoms with Gasteiger partial charge in [0.2, 0.25) is 5.67 Å². The van der Waals surface area contributed by atoms with Crippen molar-refractivity contribution < 1.29 is 14.0 Å². The molecule has 1 N–H and O–H groups in total. The van der Waals surface area contributed by atoms with Crippen LogP contribution in [0.2, 0.25) is 0 Å². The van der Waals surface area contributed by atoms with Crippen LogP contribution in [0.4, 0.5) is 4.39 Å². The minimum absolute atomic E-state index is 0.0660. The Morgan fingerprint density at radius 2 is 2.08 bits per heavy atom. The van der Waals surface area contributed by atoms with Gasteiger partial charge in [-0.1, -0.05) is 25.0 Å². The molecule has 0 saturated carbocycles. The lowest BCUT2D eigenvalue weighted by molar-refractivity contribution is -0.134. The molecule has 1 aliphatic rings. The number of carbonyl (C=O) groups excluding carboxylic acids is 2. The maximum absolute atomic E-state index is 15.7. The maximum Gasteiger partial charge on any atom is 0.264 e. The van der Waals surface area contributed by atoms with Crippen molar-refractivity contribution in [2.24, 2.45) is 0 Å². The third-order valence-corrected chi connectivity index (χ3v) is 4.72. The van der Waals surface area contributed by atoms with E-state index in [4.69, 9.17) is 0 Å². The number of amides is 1. The van der Waals surface area contributed by atoms with Gasteiger partial charge in [0.15, 0.2) is 0 Å². The molecule has 0 bridgehead atoms. The van der Waals surface area contributed by atoms with Crippen LogP contribution in [0.25, 0.3) is 0 Å². The molecule has 1 atom stereocenters. The highest BCUT2D eigenvalue weighted by molar-refractivity contribution is 5.86. The van der Waals surface area contributed by atoms with Crippen molar-refractivity contribution in [3.8, 4) is 0 Å². The predicted molar refractivity (Wildman–Crippen MR) is 92.8 cm³/mol. The Morgan fingerprint density at radius 1 is 1.28 bits per heavy atom. The number of fused-ring (bicyclic) bond motifs is 1. The van der Waals surface area contributed by atoms with Crippen molar-refractivity contribution in [3.05, 3.63) is 11.4 Å². The minimum atomic E-state index is -2.13. The van der Waals surface area contributed by atoms with E-state index in [0.29, 0.717) is 38.8 Å². The Kier molecular flexibility index (Phi) is 7.08. The second-order valence-corrected chi connectivity index (χ2v) is 6.88. The first-order valence-corrected chi connectivity index (χ1v) is 9.38. The first-order valence-electron chi connectivity index (χ1n) is 9.38. The molecule has 1 unspecified atom stereocenters. The Morgan fingerprint density at radius 3 is 2.80 bits per heavy atom. The van der Waals surface area contributed by atoms with Crippen molar-refractivity contribution >= 4 is 11.7 Å². The molecule has 1 aliphatic carbocycles. The molecule has 140 valence electrons. The predicted octanol–water partition coefficient (Wildman–Crippen LogP) is 2.84. The van der Waals surface area contributed by atoms with Crippen LogP contribution in [0.5, 0.6) is 0 Å². The topological polar surface area (TPSA) is 76.9 Å². The van der Waals surface area contributed by atoms with Gasteiger partial charge in [-0.2, -0.15) is 0 Å². The number of rotatable bonds is 8. The van der Waals surface area contributed by atoms with Crippen LogP contribution in [0.3, 0.4) is 0 Å². The largest absolute Gasteiger partial charge is 0.353 e. The third-order valence-electron chi connectivity index (χ3n) is 4.72. The van der Waals surface area contributed by atoms with Gasteiger partial charge in [-0.15, -0.1) is 5.10 Å². The van der Waals surface area contributed by atoms with Crippen LogP contribution in [0.15, 0.2) is 0 Å². The van der Waals surface area contributed by atoms with E-state index in [2.05, 4.69) is 22.6 Å². The van der Waals surface area contributed by atoms with E-state index in [0.717, 1.165) is 31.4 Å². The van der Waals surface area contributed by atoms with Crippen LogP contribution in [0, 0.1) is 0 Å². The highest BCUT2D eigenvalue weighted by Gasteiger charge is 2.45. The lowest BCUT2D eigenvalue weighted by Crippen LogP contribution is -2.43. The molecule has 0 radical (unpaired) electrons. The fourth-order valence-corrected chi connectivity index (χ4v) is 3.23. The van der Waals surface area contributed by atoms with Gasteiger partial charge in [-0.3, -0.25) is 4.79 Å². The maximum atomic E-state index is 15.7. The smallest absolute Gasteiger partial charge is 0.264 e. The molecule has 0 spiro atoms. The number of carbonyl (C=O) groups is 2. The number of alkyl halides is 1. The number of hydrogen-bond donors (Lipinski definition) is 1. The highest BCUT2D eigenvalue weighted by Crippen LogP contribution is 2.36. The quantitative estimate of drug-likeness (QED) is 0.730. The molecule has 0 saturated heterocycles. The molecule has 0 fully saturated rings. The van der Waals surface area contributed by atoms with E-state index in [9.17, 15) is 9.59 Å². The zero-order valence-electron chi connectivity index (χ0n) is 15.3. The van der Waals surface area contributed by atoms with Crippen molar-refractivity contribution in [1.29, 1.82) is 0 Å². The van der Waals surface area contributed by atoms with E-state index >= 15 is 4.39 Å². The van der Waals surface area contributed by atoms with Gasteiger partial charge in [0.25, 0.3) is 5.91 Å². The molecule has 0 aliphatic heterocycles. The molecular weight excluding hydrogens is 323 g/mol. The van der Waals surface area contributed by atoms with Crippen LogP contribution >= 0.6 is 0 Å². The Labute approximate surface area is 148 Å². The van der Waals surface area contributed by atoms with Gasteiger partial charge >= 0.3 is 0 Å². The Balaban J connectivity index is 2.16. The number of halogens is 1. The third kappa shape index (κ3) is 4.86. The molecule has 1 amide bonds. The molecule has 1 aromatic rings. The molecule has 25 heavy (non-hydrogen) atoms. The van der Waals surface area contributed by atoms with Crippen molar-refractivity contribution in [3.63, 3.8) is 0 Å². The molecule has 7 heteroatoms. The summed E-state index contributed by atoms with van der Waals surface area (Å²) < 4.78 is 17.5. The summed E-state index contributed by atoms with van der Waals surface area (Å²) in [7, 11) is 0. The molecule has 0 aromatic carbocycles. The van der Waals surface area contributed by atoms with Gasteiger partial charge in [-0.05, 0) is 45.4 Å². The SMILES string of the molecule is CCCCn1nnc2c1CCCCCC2(F)C(=O)NCCCC(C)=O. The van der Waals surface area contributed by atoms with Crippen LogP contribution < -0.4 is 5.32 Å². The summed E-state index contributed by atoms with van der Waals surface area (Å²) >= 11 is 0. The van der Waals surface area contributed by atoms with Gasteiger partial charge in [0.1, 0.15) is 11.5 Å². The van der Waals surface area contributed by atoms with Crippen molar-refractivity contribution in [1.82, 2.24) is 20.3 Å². The number of hydrogen-bond acceptors (Lipinski definition) is 4. The second kappa shape index (κ2) is 9.06. The summed E-state index contributed by atoms with van der Waals surface area (Å²) in [5.41, 5.74) is -1.18. The van der Waals surface area contributed by atoms with Gasteiger partial charge in [0, 0.05) is 19.5 Å². The van der Waals surface area contributed by atoms with E-state index < -0.39 is 11.6 Å². The highest BCUT2D eigenvalue weighted by atomic mass is 19.1. The number of nitrogens with one attached hydrogen (secondary N) is 1. The number of ketones is 1. The molecule has 2 rings (SSSR count). The summed E-state index contributed by atoms with van der Waals surface area (Å²) in [5.74, 6) is -0.585. The summed E-state index contributed by atoms with van der Waals surface area (Å²) in [6.45, 7) is 4.60. The normalized spacial score (nSPS) is 20.4. The van der Waals surface area contributed by atoms with E-state index in [-0.39, 0.29) is 17.9 Å². The number of nitrogens with zero attached hydrogens (tertiary/aromatic N) is 3. The lowest BCUT2D eigenvalue weighted by Gasteiger charge is -2.25. The van der Waals surface area contributed by atoms with Crippen LogP contribution in [-0.4, -0.2) is 33.2 Å². The van der Waals surface area contributed by atoms with Crippen LogP contribution in [0.1, 0.15) is 76.6 Å². The summed E-state index contributed by atoms with van der Waals surface area (Å²) in [5, 5.41) is 10.8. The summed E-state index contributed by atoms with van der Waals surface area (Å²) in [6, 6.07) is 0. The van der Waals surface area contributed by atoms with Gasteiger partial charge in [0.05, 0.1) is 5.69 Å². The fourth-order valence-electron chi connectivity index (χ4n) is 3.23. The molecular formula is C18H29FN4O2. The number of unbranched alkanes of at least 4 members (excludes halogenated alkanes) is 1. The van der Waals surface area contributed by atoms with E-state index in [1.807, 2.05) is 0 Å². The molecule has 6 nitrogen and oxygen atoms in total. The average molecular weight is 352 g/mol. The minimum Gasteiger partial charge on any atom is -0.353 e. The van der Waals surface area contributed by atoms with E-state index in [1.165, 1.54) is 6.92 Å². The number of aryl methyl sites for hydroxylation is 1. The summed E-state index contributed by atoms with van der Waals surface area (Å²) in [6.07, 6.45) is 6.22. The molecule has 1 heterocycles. The van der Waals surface area contributed by atoms with E-state index in [1.54, 1.807) is 4.68 Å². The standard InChI is InChI=1S/C18H29FN4O2/c1-3-4-13-23-15-10-6-5-7-11-18(19,16(15)21-22-23)17(25)20-12-8-9-14(2)24/h3-13H2,1-2H3,(H,20,25). The first-order chi connectivity index (χ1) is 12.0. The fraction of sp³-hybridized carbons (Fsp3) is 0.778. The molecule has 1 aromatic heterocycles. The summed E-state index contributed by atoms with van der Waals surface area (Å²) in [4.78, 5) is 23.5. The second-order valence-electron chi connectivity index (χ2n) is 6.88. The zero-order valence-corrected chi connectivity index (χ0v) is 15.3. The van der Waals surface area contributed by atoms with Gasteiger partial charge in [-0.25, -0.2) is 9.07 Å². The number of aromatic nitrogens is 3. The lowest BCUT2D eigenvalue weighted by atomic mass is 9.88. The van der Waals surface area contributed by atoms with Crippen molar-refractivity contribution in [2.45, 2.75) is 83.8 Å². The number of Topliss-reactive ketones (excluding diaryl/α,β-unsaturated/α-hetero) is 1. The Hall–Kier alpha value is -1.79. The Bertz CT molecular complexity index is 602. The first kappa shape index (κ1) is 19.5. The zero-order chi connectivity index (χ0) is 18.3. The van der Waals surface area contributed by atoms with Crippen molar-refractivity contribution in [2.75, 3.05) is 6.54 Å². The van der Waals surface area contributed by atoms with Crippen LogP contribution in [-0.2, 0) is 28.2 Å².